The van der Waals surface area contributed by atoms with Crippen LogP contribution in [0, 0.1) is 5.92 Å². The van der Waals surface area contributed by atoms with Gasteiger partial charge in [0.25, 0.3) is 0 Å². The molecule has 2 heterocycles. The summed E-state index contributed by atoms with van der Waals surface area (Å²) >= 11 is 0. The van der Waals surface area contributed by atoms with E-state index in [0.717, 1.165) is 37.3 Å². The molecule has 2 unspecified atom stereocenters. The maximum absolute atomic E-state index is 5.86. The molecule has 0 aromatic heterocycles. The van der Waals surface area contributed by atoms with Gasteiger partial charge in [0.2, 0.25) is 0 Å². The van der Waals surface area contributed by atoms with E-state index >= 15 is 0 Å². The first-order valence-electron chi connectivity index (χ1n) is 8.93. The predicted octanol–water partition coefficient (Wildman–Crippen LogP) is 2.80. The molecule has 0 radical (unpaired) electrons. The van der Waals surface area contributed by atoms with Crippen LogP contribution < -0.4 is 5.32 Å². The van der Waals surface area contributed by atoms with Crippen molar-refractivity contribution < 1.29 is 4.74 Å². The van der Waals surface area contributed by atoms with Gasteiger partial charge in [0, 0.05) is 31.3 Å². The summed E-state index contributed by atoms with van der Waals surface area (Å²) in [5.74, 6) is 0.901. The van der Waals surface area contributed by atoms with Gasteiger partial charge in [-0.15, -0.1) is 0 Å². The molecule has 20 heavy (non-hydrogen) atoms. The fourth-order valence-electron chi connectivity index (χ4n) is 4.06. The Morgan fingerprint density at radius 1 is 1.10 bits per heavy atom. The van der Waals surface area contributed by atoms with Gasteiger partial charge in [-0.2, -0.15) is 0 Å². The molecule has 0 spiro atoms. The topological polar surface area (TPSA) is 24.5 Å². The number of nitrogens with zero attached hydrogens (tertiary/aromatic N) is 1. The number of rotatable bonds is 8. The molecule has 0 aromatic rings. The molecule has 3 heteroatoms. The predicted molar refractivity (Wildman–Crippen MR) is 83.0 cm³/mol. The van der Waals surface area contributed by atoms with Gasteiger partial charge in [0.15, 0.2) is 0 Å². The van der Waals surface area contributed by atoms with Gasteiger partial charge in [0.1, 0.15) is 0 Å². The standard InChI is InChI=1S/C17H32N2O/c1-2-8-18-15-11-16-4-3-5-17(12-15)19(16)9-10-20-13-14-6-7-14/h14-18H,2-13H2,1H3. The molecule has 2 saturated heterocycles. The summed E-state index contributed by atoms with van der Waals surface area (Å²) in [6.45, 7) is 6.59. The van der Waals surface area contributed by atoms with Crippen molar-refractivity contribution in [1.29, 1.82) is 0 Å². The van der Waals surface area contributed by atoms with Crippen LogP contribution in [0.5, 0.6) is 0 Å². The van der Waals surface area contributed by atoms with E-state index in [9.17, 15) is 0 Å². The zero-order valence-corrected chi connectivity index (χ0v) is 13.2. The molecule has 0 aromatic carbocycles. The van der Waals surface area contributed by atoms with Crippen molar-refractivity contribution in [3.8, 4) is 0 Å². The van der Waals surface area contributed by atoms with Crippen LogP contribution in [0.25, 0.3) is 0 Å². The minimum Gasteiger partial charge on any atom is -0.380 e. The third kappa shape index (κ3) is 3.96. The summed E-state index contributed by atoms with van der Waals surface area (Å²) in [5, 5.41) is 3.75. The highest BCUT2D eigenvalue weighted by molar-refractivity contribution is 4.94. The van der Waals surface area contributed by atoms with E-state index in [1.807, 2.05) is 0 Å². The van der Waals surface area contributed by atoms with E-state index in [1.165, 1.54) is 64.5 Å². The van der Waals surface area contributed by atoms with Crippen molar-refractivity contribution in [2.24, 2.45) is 5.92 Å². The van der Waals surface area contributed by atoms with Crippen molar-refractivity contribution in [3.05, 3.63) is 0 Å². The summed E-state index contributed by atoms with van der Waals surface area (Å²) in [7, 11) is 0. The number of hydrogen-bond donors (Lipinski definition) is 1. The average Bonchev–Trinajstić information content (AvgIpc) is 3.25. The third-order valence-electron chi connectivity index (χ3n) is 5.35. The molecule has 2 atom stereocenters. The van der Waals surface area contributed by atoms with Crippen LogP contribution in [0.1, 0.15) is 58.3 Å². The largest absolute Gasteiger partial charge is 0.380 e. The lowest BCUT2D eigenvalue weighted by Crippen LogP contribution is -2.57. The molecule has 3 nitrogen and oxygen atoms in total. The maximum Gasteiger partial charge on any atom is 0.0593 e. The first kappa shape index (κ1) is 14.8. The van der Waals surface area contributed by atoms with Crippen LogP contribution in [0.4, 0.5) is 0 Å². The highest BCUT2D eigenvalue weighted by Crippen LogP contribution is 2.34. The second kappa shape index (κ2) is 7.24. The Bertz CT molecular complexity index is 279. The van der Waals surface area contributed by atoms with Gasteiger partial charge in [-0.1, -0.05) is 13.3 Å². The van der Waals surface area contributed by atoms with E-state index in [2.05, 4.69) is 17.1 Å². The van der Waals surface area contributed by atoms with Gasteiger partial charge >= 0.3 is 0 Å². The smallest absolute Gasteiger partial charge is 0.0593 e. The summed E-state index contributed by atoms with van der Waals surface area (Å²) < 4.78 is 5.86. The summed E-state index contributed by atoms with van der Waals surface area (Å²) in [5.41, 5.74) is 0. The highest BCUT2D eigenvalue weighted by atomic mass is 16.5. The van der Waals surface area contributed by atoms with Crippen LogP contribution in [0.3, 0.4) is 0 Å². The van der Waals surface area contributed by atoms with Crippen molar-refractivity contribution in [3.63, 3.8) is 0 Å². The SMILES string of the molecule is CCCNC1CC2CCCC(C1)N2CCOCC1CC1. The molecule has 1 N–H and O–H groups in total. The molecule has 3 fully saturated rings. The number of ether oxygens (including phenoxy) is 1. The molecule has 116 valence electrons. The lowest BCUT2D eigenvalue weighted by molar-refractivity contribution is -0.00182. The summed E-state index contributed by atoms with van der Waals surface area (Å²) in [6.07, 6.45) is 11.0. The zero-order chi connectivity index (χ0) is 13.8. The number of fused-ring (bicyclic) bond motifs is 2. The Morgan fingerprint density at radius 2 is 1.85 bits per heavy atom. The fraction of sp³-hybridized carbons (Fsp3) is 1.00. The van der Waals surface area contributed by atoms with E-state index in [4.69, 9.17) is 4.74 Å². The monoisotopic (exact) mass is 280 g/mol. The minimum atomic E-state index is 0.772. The quantitative estimate of drug-likeness (QED) is 0.692. The van der Waals surface area contributed by atoms with E-state index in [0.29, 0.717) is 0 Å². The van der Waals surface area contributed by atoms with Gasteiger partial charge in [-0.25, -0.2) is 0 Å². The lowest BCUT2D eigenvalue weighted by Gasteiger charge is -2.49. The molecule has 1 aliphatic carbocycles. The van der Waals surface area contributed by atoms with Crippen LogP contribution >= 0.6 is 0 Å². The van der Waals surface area contributed by atoms with E-state index in [-0.39, 0.29) is 0 Å². The molecular weight excluding hydrogens is 248 g/mol. The maximum atomic E-state index is 5.86. The molecule has 2 bridgehead atoms. The van der Waals surface area contributed by atoms with Crippen molar-refractivity contribution in [2.45, 2.75) is 76.4 Å². The highest BCUT2D eigenvalue weighted by Gasteiger charge is 2.37. The van der Waals surface area contributed by atoms with Crippen molar-refractivity contribution >= 4 is 0 Å². The molecule has 1 saturated carbocycles. The molecule has 2 aliphatic heterocycles. The second-order valence-electron chi connectivity index (χ2n) is 7.12. The fourth-order valence-corrected chi connectivity index (χ4v) is 4.06. The van der Waals surface area contributed by atoms with Gasteiger partial charge in [-0.05, 0) is 57.4 Å². The third-order valence-corrected chi connectivity index (χ3v) is 5.35. The average molecular weight is 280 g/mol. The van der Waals surface area contributed by atoms with Gasteiger partial charge in [-0.3, -0.25) is 4.90 Å². The summed E-state index contributed by atoms with van der Waals surface area (Å²) in [4.78, 5) is 2.78. The first-order chi connectivity index (χ1) is 9.86. The van der Waals surface area contributed by atoms with Crippen molar-refractivity contribution in [2.75, 3.05) is 26.3 Å². The first-order valence-corrected chi connectivity index (χ1v) is 8.93. The van der Waals surface area contributed by atoms with Crippen LogP contribution in [-0.4, -0.2) is 49.3 Å². The zero-order valence-electron chi connectivity index (χ0n) is 13.2. The molecular formula is C17H32N2O. The number of nitrogens with one attached hydrogen (secondary N) is 1. The van der Waals surface area contributed by atoms with Gasteiger partial charge in [0.05, 0.1) is 6.61 Å². The number of piperidine rings is 2. The summed E-state index contributed by atoms with van der Waals surface area (Å²) in [6, 6.07) is 2.41. The number of hydrogen-bond acceptors (Lipinski definition) is 3. The molecule has 0 amide bonds. The minimum absolute atomic E-state index is 0.772. The van der Waals surface area contributed by atoms with Crippen LogP contribution in [-0.2, 0) is 4.74 Å². The Hall–Kier alpha value is -0.120. The molecule has 3 aliphatic rings. The van der Waals surface area contributed by atoms with Crippen LogP contribution in [0.2, 0.25) is 0 Å². The Balaban J connectivity index is 1.42. The Morgan fingerprint density at radius 3 is 2.50 bits per heavy atom. The van der Waals surface area contributed by atoms with Crippen molar-refractivity contribution in [1.82, 2.24) is 10.2 Å². The van der Waals surface area contributed by atoms with E-state index in [1.54, 1.807) is 0 Å². The molecule has 3 rings (SSSR count). The van der Waals surface area contributed by atoms with Crippen LogP contribution in [0.15, 0.2) is 0 Å². The Kier molecular flexibility index (Phi) is 5.36. The lowest BCUT2D eigenvalue weighted by atomic mass is 9.81. The van der Waals surface area contributed by atoms with E-state index < -0.39 is 0 Å². The second-order valence-corrected chi connectivity index (χ2v) is 7.12. The Labute approximate surface area is 124 Å². The normalized spacial score (nSPS) is 34.4. The van der Waals surface area contributed by atoms with Gasteiger partial charge < -0.3 is 10.1 Å².